The number of ether oxygens (including phenoxy) is 1. The van der Waals surface area contributed by atoms with E-state index in [4.69, 9.17) is 0 Å². The lowest BCUT2D eigenvalue weighted by Crippen LogP contribution is -2.32. The molecule has 1 aromatic rings. The molecule has 8 heteroatoms. The number of alkyl halides is 4. The van der Waals surface area contributed by atoms with E-state index in [0.717, 1.165) is 4.88 Å². The highest BCUT2D eigenvalue weighted by Gasteiger charge is 2.40. The van der Waals surface area contributed by atoms with E-state index in [-0.39, 0.29) is 6.61 Å². The van der Waals surface area contributed by atoms with Gasteiger partial charge in [-0.15, -0.1) is 11.3 Å². The average molecular weight is 272 g/mol. The maximum atomic E-state index is 12.5. The number of halogens is 4. The van der Waals surface area contributed by atoms with Crippen LogP contribution in [-0.4, -0.2) is 31.0 Å². The molecule has 0 atom stereocenters. The van der Waals surface area contributed by atoms with E-state index < -0.39 is 19.0 Å². The molecular formula is C9H12F4N2OS. The number of hydrogen-bond acceptors (Lipinski definition) is 4. The van der Waals surface area contributed by atoms with Gasteiger partial charge in [-0.3, -0.25) is 0 Å². The molecule has 0 radical (unpaired) electrons. The highest BCUT2D eigenvalue weighted by molar-refractivity contribution is 7.11. The Labute approximate surface area is 99.8 Å². The molecule has 0 saturated carbocycles. The van der Waals surface area contributed by atoms with Gasteiger partial charge in [0.15, 0.2) is 0 Å². The first-order valence-electron chi connectivity index (χ1n) is 4.77. The van der Waals surface area contributed by atoms with Crippen LogP contribution in [0.1, 0.15) is 9.88 Å². The van der Waals surface area contributed by atoms with Crippen molar-refractivity contribution >= 4 is 11.3 Å². The van der Waals surface area contributed by atoms with Crippen molar-refractivity contribution in [2.24, 2.45) is 0 Å². The van der Waals surface area contributed by atoms with Gasteiger partial charge >= 0.3 is 12.3 Å². The molecule has 0 aromatic carbocycles. The standard InChI is InChI=1S/C9H12F4N2OS/c1-14-2-6-3-15-7(17-6)4-16-5-9(12,13)8(10)11/h3,8,14H,2,4-5H2,1H3. The summed E-state index contributed by atoms with van der Waals surface area (Å²) in [5, 5.41) is 3.39. The van der Waals surface area contributed by atoms with E-state index in [1.165, 1.54) is 11.3 Å². The van der Waals surface area contributed by atoms with Crippen LogP contribution in [0.3, 0.4) is 0 Å². The molecule has 3 nitrogen and oxygen atoms in total. The minimum atomic E-state index is -4.11. The van der Waals surface area contributed by atoms with Crippen LogP contribution in [0, 0.1) is 0 Å². The summed E-state index contributed by atoms with van der Waals surface area (Å²) in [5.41, 5.74) is 0. The molecule has 0 bridgehead atoms. The summed E-state index contributed by atoms with van der Waals surface area (Å²) in [6.45, 7) is -0.868. The van der Waals surface area contributed by atoms with Gasteiger partial charge in [0, 0.05) is 17.6 Å². The van der Waals surface area contributed by atoms with Crippen LogP contribution in [-0.2, 0) is 17.9 Å². The molecule has 0 aliphatic carbocycles. The maximum Gasteiger partial charge on any atom is 0.330 e. The van der Waals surface area contributed by atoms with Gasteiger partial charge in [-0.1, -0.05) is 0 Å². The van der Waals surface area contributed by atoms with E-state index >= 15 is 0 Å². The van der Waals surface area contributed by atoms with Gasteiger partial charge in [0.05, 0.1) is 6.61 Å². The summed E-state index contributed by atoms with van der Waals surface area (Å²) in [4.78, 5) is 4.84. The summed E-state index contributed by atoms with van der Waals surface area (Å²) in [5.74, 6) is -4.11. The minimum Gasteiger partial charge on any atom is -0.368 e. The maximum absolute atomic E-state index is 12.5. The van der Waals surface area contributed by atoms with Gasteiger partial charge in [0.2, 0.25) is 0 Å². The normalized spacial score (nSPS) is 12.4. The third-order valence-electron chi connectivity index (χ3n) is 1.79. The molecule has 0 amide bonds. The van der Waals surface area contributed by atoms with Crippen LogP contribution in [0.15, 0.2) is 6.20 Å². The Hall–Kier alpha value is -0.730. The zero-order valence-electron chi connectivity index (χ0n) is 9.05. The predicted molar refractivity (Wildman–Crippen MR) is 55.5 cm³/mol. The predicted octanol–water partition coefficient (Wildman–Crippen LogP) is 2.28. The number of nitrogens with one attached hydrogen (secondary N) is 1. The third kappa shape index (κ3) is 4.57. The summed E-state index contributed by atoms with van der Waals surface area (Å²) in [7, 11) is 1.76. The Balaban J connectivity index is 2.35. The second-order valence-corrected chi connectivity index (χ2v) is 4.50. The van der Waals surface area contributed by atoms with Crippen molar-refractivity contribution in [3.8, 4) is 0 Å². The fourth-order valence-corrected chi connectivity index (χ4v) is 1.88. The topological polar surface area (TPSA) is 34.2 Å². The van der Waals surface area contributed by atoms with Crippen molar-refractivity contribution in [3.63, 3.8) is 0 Å². The van der Waals surface area contributed by atoms with E-state index in [1.54, 1.807) is 13.2 Å². The Bertz CT molecular complexity index is 345. The minimum absolute atomic E-state index is 0.184. The Morgan fingerprint density at radius 1 is 1.53 bits per heavy atom. The molecule has 98 valence electrons. The van der Waals surface area contributed by atoms with Gasteiger partial charge in [-0.2, -0.15) is 8.78 Å². The summed E-state index contributed by atoms with van der Waals surface area (Å²) in [6.07, 6.45) is -2.12. The summed E-state index contributed by atoms with van der Waals surface area (Å²) in [6, 6.07) is 0. The number of thiazole rings is 1. The molecule has 1 aromatic heterocycles. The van der Waals surface area contributed by atoms with E-state index in [0.29, 0.717) is 11.6 Å². The van der Waals surface area contributed by atoms with Crippen LogP contribution in [0.2, 0.25) is 0 Å². The monoisotopic (exact) mass is 272 g/mol. The van der Waals surface area contributed by atoms with Crippen molar-refractivity contribution in [2.75, 3.05) is 13.7 Å². The molecule has 1 rings (SSSR count). The van der Waals surface area contributed by atoms with E-state index in [2.05, 4.69) is 15.0 Å². The number of rotatable bonds is 7. The molecule has 0 unspecified atom stereocenters. The molecule has 0 aliphatic rings. The van der Waals surface area contributed by atoms with Crippen molar-refractivity contribution < 1.29 is 22.3 Å². The SMILES string of the molecule is CNCc1cnc(COCC(F)(F)C(F)F)s1. The molecule has 17 heavy (non-hydrogen) atoms. The van der Waals surface area contributed by atoms with Crippen LogP contribution in [0.25, 0.3) is 0 Å². The van der Waals surface area contributed by atoms with E-state index in [9.17, 15) is 17.6 Å². The van der Waals surface area contributed by atoms with Crippen LogP contribution in [0.5, 0.6) is 0 Å². The first-order valence-corrected chi connectivity index (χ1v) is 5.59. The zero-order chi connectivity index (χ0) is 12.9. The molecule has 0 fully saturated rings. The molecule has 0 aliphatic heterocycles. The fraction of sp³-hybridized carbons (Fsp3) is 0.667. The Kier molecular flexibility index (Phi) is 5.29. The zero-order valence-corrected chi connectivity index (χ0v) is 9.87. The lowest BCUT2D eigenvalue weighted by Gasteiger charge is -2.14. The fourth-order valence-electron chi connectivity index (χ4n) is 1.01. The van der Waals surface area contributed by atoms with Crippen LogP contribution >= 0.6 is 11.3 Å². The van der Waals surface area contributed by atoms with Crippen molar-refractivity contribution in [1.82, 2.24) is 10.3 Å². The summed E-state index contributed by atoms with van der Waals surface area (Å²) < 4.78 is 53.1. The van der Waals surface area contributed by atoms with Gasteiger partial charge in [0.1, 0.15) is 11.6 Å². The summed E-state index contributed by atoms with van der Waals surface area (Å²) >= 11 is 1.29. The van der Waals surface area contributed by atoms with Crippen molar-refractivity contribution in [2.45, 2.75) is 25.5 Å². The molecule has 0 saturated heterocycles. The number of hydrogen-bond donors (Lipinski definition) is 1. The van der Waals surface area contributed by atoms with E-state index in [1.807, 2.05) is 0 Å². The average Bonchev–Trinajstić information content (AvgIpc) is 2.66. The quantitative estimate of drug-likeness (QED) is 0.773. The molecule has 1 N–H and O–H groups in total. The first kappa shape index (κ1) is 14.3. The highest BCUT2D eigenvalue weighted by atomic mass is 32.1. The molecular weight excluding hydrogens is 260 g/mol. The lowest BCUT2D eigenvalue weighted by molar-refractivity contribution is -0.168. The molecule has 1 heterocycles. The number of aromatic nitrogens is 1. The van der Waals surface area contributed by atoms with Crippen molar-refractivity contribution in [3.05, 3.63) is 16.1 Å². The van der Waals surface area contributed by atoms with Gasteiger partial charge in [-0.25, -0.2) is 13.8 Å². The Morgan fingerprint density at radius 2 is 2.24 bits per heavy atom. The second-order valence-electron chi connectivity index (χ2n) is 3.31. The largest absolute Gasteiger partial charge is 0.368 e. The van der Waals surface area contributed by atoms with Gasteiger partial charge in [0.25, 0.3) is 0 Å². The van der Waals surface area contributed by atoms with Crippen LogP contribution < -0.4 is 5.32 Å². The lowest BCUT2D eigenvalue weighted by atomic mass is 10.4. The highest BCUT2D eigenvalue weighted by Crippen LogP contribution is 2.23. The van der Waals surface area contributed by atoms with Gasteiger partial charge in [-0.05, 0) is 7.05 Å². The second kappa shape index (κ2) is 6.27. The van der Waals surface area contributed by atoms with Crippen molar-refractivity contribution in [1.29, 1.82) is 0 Å². The van der Waals surface area contributed by atoms with Gasteiger partial charge < -0.3 is 10.1 Å². The smallest absolute Gasteiger partial charge is 0.330 e. The van der Waals surface area contributed by atoms with Crippen LogP contribution in [0.4, 0.5) is 17.6 Å². The third-order valence-corrected chi connectivity index (χ3v) is 2.76. The molecule has 0 spiro atoms. The first-order chi connectivity index (χ1) is 7.95. The number of nitrogens with zero attached hydrogens (tertiary/aromatic N) is 1. The Morgan fingerprint density at radius 3 is 2.82 bits per heavy atom.